The van der Waals surface area contributed by atoms with Crippen molar-refractivity contribution in [1.29, 1.82) is 0 Å². The first kappa shape index (κ1) is 27.5. The van der Waals surface area contributed by atoms with Crippen LogP contribution in [0, 0.1) is 0 Å². The van der Waals surface area contributed by atoms with Gasteiger partial charge in [-0.1, -0.05) is 60.7 Å². The van der Waals surface area contributed by atoms with E-state index in [4.69, 9.17) is 4.74 Å². The molecular weight excluding hydrogens is 538 g/mol. The lowest BCUT2D eigenvalue weighted by atomic mass is 9.91. The summed E-state index contributed by atoms with van der Waals surface area (Å²) >= 11 is 0. The fourth-order valence-electron chi connectivity index (χ4n) is 5.63. The lowest BCUT2D eigenvalue weighted by Crippen LogP contribution is -2.30. The minimum absolute atomic E-state index is 0.0217. The number of aliphatic hydroxyl groups excluding tert-OH is 3. The molecular formula is C30H31N7O5. The Bertz CT molecular complexity index is 1630. The number of hydrogen-bond donors (Lipinski definition) is 4. The Balaban J connectivity index is 1.35. The van der Waals surface area contributed by atoms with Crippen molar-refractivity contribution >= 4 is 23.0 Å². The number of benzene rings is 2. The van der Waals surface area contributed by atoms with E-state index in [0.29, 0.717) is 35.5 Å². The third kappa shape index (κ3) is 5.11. The molecule has 5 aromatic rings. The second kappa shape index (κ2) is 11.7. The first-order valence-corrected chi connectivity index (χ1v) is 13.6. The van der Waals surface area contributed by atoms with Gasteiger partial charge in [0.25, 0.3) is 0 Å². The number of nitrogens with one attached hydrogen (secondary N) is 1. The molecule has 1 aliphatic rings. The first-order chi connectivity index (χ1) is 20.5. The molecule has 1 aliphatic carbocycles. The van der Waals surface area contributed by atoms with Crippen LogP contribution in [0.4, 0.5) is 5.82 Å². The molecule has 0 radical (unpaired) electrons. The molecule has 12 heteroatoms. The Morgan fingerprint density at radius 1 is 1.02 bits per heavy atom. The van der Waals surface area contributed by atoms with Crippen LogP contribution in [0.15, 0.2) is 79.4 Å². The van der Waals surface area contributed by atoms with E-state index in [1.54, 1.807) is 15.4 Å². The van der Waals surface area contributed by atoms with Gasteiger partial charge in [0.05, 0.1) is 38.3 Å². The molecule has 216 valence electrons. The van der Waals surface area contributed by atoms with Crippen molar-refractivity contribution in [3.05, 3.63) is 102 Å². The van der Waals surface area contributed by atoms with Crippen molar-refractivity contribution in [1.82, 2.24) is 29.3 Å². The van der Waals surface area contributed by atoms with E-state index in [0.717, 1.165) is 11.1 Å². The van der Waals surface area contributed by atoms with Gasteiger partial charge in [-0.2, -0.15) is 5.10 Å². The van der Waals surface area contributed by atoms with Crippen LogP contribution >= 0.6 is 0 Å². The van der Waals surface area contributed by atoms with E-state index < -0.39 is 30.3 Å². The monoisotopic (exact) mass is 569 g/mol. The summed E-state index contributed by atoms with van der Waals surface area (Å²) in [4.78, 5) is 26.1. The highest BCUT2D eigenvalue weighted by Crippen LogP contribution is 2.40. The summed E-state index contributed by atoms with van der Waals surface area (Å²) < 4.78 is 8.14. The van der Waals surface area contributed by atoms with Crippen LogP contribution in [-0.2, 0) is 11.3 Å². The van der Waals surface area contributed by atoms with E-state index >= 15 is 0 Å². The number of anilines is 1. The van der Waals surface area contributed by atoms with Gasteiger partial charge in [-0.05, 0) is 17.5 Å². The largest absolute Gasteiger partial charge is 0.463 e. The van der Waals surface area contributed by atoms with Crippen molar-refractivity contribution < 1.29 is 24.9 Å². The summed E-state index contributed by atoms with van der Waals surface area (Å²) in [6, 6.07) is 19.0. The maximum absolute atomic E-state index is 12.6. The van der Waals surface area contributed by atoms with Gasteiger partial charge in [0.15, 0.2) is 11.5 Å². The maximum atomic E-state index is 12.6. The van der Waals surface area contributed by atoms with Gasteiger partial charge in [-0.3, -0.25) is 4.68 Å². The van der Waals surface area contributed by atoms with Crippen LogP contribution in [-0.4, -0.2) is 76.5 Å². The quantitative estimate of drug-likeness (QED) is 0.194. The first-order valence-electron chi connectivity index (χ1n) is 13.6. The molecule has 6 rings (SSSR count). The zero-order valence-corrected chi connectivity index (χ0v) is 22.9. The second-order valence-corrected chi connectivity index (χ2v) is 10.3. The fourth-order valence-corrected chi connectivity index (χ4v) is 5.63. The Morgan fingerprint density at radius 3 is 2.31 bits per heavy atom. The zero-order valence-electron chi connectivity index (χ0n) is 22.9. The molecule has 4 atom stereocenters. The Kier molecular flexibility index (Phi) is 7.66. The Morgan fingerprint density at radius 2 is 1.69 bits per heavy atom. The number of imidazole rings is 1. The van der Waals surface area contributed by atoms with Crippen molar-refractivity contribution in [2.45, 2.75) is 43.2 Å². The topological polar surface area (TPSA) is 160 Å². The average Bonchev–Trinajstić information content (AvgIpc) is 3.75. The van der Waals surface area contributed by atoms with E-state index in [-0.39, 0.29) is 18.3 Å². The number of rotatable bonds is 9. The summed E-state index contributed by atoms with van der Waals surface area (Å²) in [7, 11) is 1.26. The van der Waals surface area contributed by atoms with E-state index in [9.17, 15) is 20.1 Å². The molecule has 2 aromatic carbocycles. The van der Waals surface area contributed by atoms with Gasteiger partial charge in [0.2, 0.25) is 5.82 Å². The van der Waals surface area contributed by atoms with E-state index in [2.05, 4.69) is 49.6 Å². The summed E-state index contributed by atoms with van der Waals surface area (Å²) in [6.45, 7) is 0.270. The third-order valence-corrected chi connectivity index (χ3v) is 7.82. The molecule has 42 heavy (non-hydrogen) atoms. The molecule has 0 amide bonds. The lowest BCUT2D eigenvalue weighted by Gasteiger charge is -2.20. The van der Waals surface area contributed by atoms with Gasteiger partial charge in [0.1, 0.15) is 17.7 Å². The SMILES string of the molecule is COC(=O)c1nc(NCC(c2ccccc2)c2ccccc2)c2ncn([C@@H]3C[C@H](n4cc(CO)cn4)[C@@H](O)[C@H]3O)c2n1. The maximum Gasteiger partial charge on any atom is 0.376 e. The number of esters is 1. The Hall–Kier alpha value is -4.65. The normalized spacial score (nSPS) is 20.3. The zero-order chi connectivity index (χ0) is 29.2. The third-order valence-electron chi connectivity index (χ3n) is 7.82. The van der Waals surface area contributed by atoms with Crippen LogP contribution in [0.2, 0.25) is 0 Å². The van der Waals surface area contributed by atoms with Crippen LogP contribution in [0.25, 0.3) is 11.2 Å². The predicted molar refractivity (Wildman–Crippen MR) is 153 cm³/mol. The number of carbonyl (C=O) groups excluding carboxylic acids is 1. The van der Waals surface area contributed by atoms with Gasteiger partial charge in [-0.25, -0.2) is 19.7 Å². The van der Waals surface area contributed by atoms with Crippen LogP contribution in [0.3, 0.4) is 0 Å². The van der Waals surface area contributed by atoms with Gasteiger partial charge < -0.3 is 29.9 Å². The molecule has 12 nitrogen and oxygen atoms in total. The van der Waals surface area contributed by atoms with Crippen LogP contribution in [0.5, 0.6) is 0 Å². The van der Waals surface area contributed by atoms with Crippen molar-refractivity contribution in [2.75, 3.05) is 19.0 Å². The number of aromatic nitrogens is 6. The number of fused-ring (bicyclic) bond motifs is 1. The van der Waals surface area contributed by atoms with Gasteiger partial charge in [0, 0.05) is 24.2 Å². The molecule has 0 aliphatic heterocycles. The molecule has 1 saturated carbocycles. The minimum Gasteiger partial charge on any atom is -0.463 e. The summed E-state index contributed by atoms with van der Waals surface area (Å²) in [5.41, 5.74) is 3.55. The number of nitrogens with zero attached hydrogens (tertiary/aromatic N) is 6. The Labute approximate surface area is 241 Å². The summed E-state index contributed by atoms with van der Waals surface area (Å²) in [5, 5.41) is 39.0. The molecule has 0 saturated heterocycles. The molecule has 0 bridgehead atoms. The molecule has 3 aromatic heterocycles. The average molecular weight is 570 g/mol. The second-order valence-electron chi connectivity index (χ2n) is 10.3. The number of aliphatic hydroxyl groups is 3. The standard InChI is InChI=1S/C30H31N7O5/c1-42-30(41)28-34-27(31-14-21(19-8-4-2-5-9-19)20-10-6-3-7-11-20)24-29(35-28)36(17-32-24)22-12-23(26(40)25(22)39)37-15-18(16-38)13-33-37/h2-11,13,15,17,21-23,25-26,38-40H,12,14,16H2,1H3,(H,31,34,35)/t22-,23+,25+,26-/m1/s1. The minimum atomic E-state index is -1.16. The van der Waals surface area contributed by atoms with Gasteiger partial charge >= 0.3 is 5.97 Å². The smallest absolute Gasteiger partial charge is 0.376 e. The van der Waals surface area contributed by atoms with Crippen molar-refractivity contribution in [3.8, 4) is 0 Å². The highest BCUT2D eigenvalue weighted by atomic mass is 16.5. The van der Waals surface area contributed by atoms with Crippen LogP contribution < -0.4 is 5.32 Å². The van der Waals surface area contributed by atoms with Crippen molar-refractivity contribution in [3.63, 3.8) is 0 Å². The highest BCUT2D eigenvalue weighted by Gasteiger charge is 2.44. The van der Waals surface area contributed by atoms with Crippen molar-refractivity contribution in [2.24, 2.45) is 0 Å². The summed E-state index contributed by atoms with van der Waals surface area (Å²) in [5.74, 6) is -0.547. The fraction of sp³-hybridized carbons (Fsp3) is 0.300. The molecule has 0 spiro atoms. The highest BCUT2D eigenvalue weighted by molar-refractivity contribution is 5.91. The van der Waals surface area contributed by atoms with Gasteiger partial charge in [-0.15, -0.1) is 0 Å². The van der Waals surface area contributed by atoms with Crippen LogP contribution in [0.1, 0.15) is 51.7 Å². The van der Waals surface area contributed by atoms with E-state index in [1.165, 1.54) is 19.6 Å². The number of ether oxygens (including phenoxy) is 1. The molecule has 4 N–H and O–H groups in total. The number of methoxy groups -OCH3 is 1. The van der Waals surface area contributed by atoms with E-state index in [1.807, 2.05) is 36.4 Å². The molecule has 3 heterocycles. The predicted octanol–water partition coefficient (Wildman–Crippen LogP) is 2.45. The molecule has 0 unspecified atom stereocenters. The number of carbonyl (C=O) groups is 1. The molecule has 1 fully saturated rings. The summed E-state index contributed by atoms with van der Waals surface area (Å²) in [6.07, 6.45) is 2.71. The lowest BCUT2D eigenvalue weighted by molar-refractivity contribution is 0.00719. The number of hydrogen-bond acceptors (Lipinski definition) is 10.